The van der Waals surface area contributed by atoms with Gasteiger partial charge >= 0.3 is 0 Å². The number of hydrogen-bond acceptors (Lipinski definition) is 2. The highest BCUT2D eigenvalue weighted by molar-refractivity contribution is 5.87. The minimum Gasteiger partial charge on any atom is -0.273 e. The van der Waals surface area contributed by atoms with Crippen LogP contribution < -0.4 is 10.9 Å². The van der Waals surface area contributed by atoms with Gasteiger partial charge in [0.25, 0.3) is 5.92 Å². The molecule has 90 valence electrons. The average molecular weight is 232 g/mol. The van der Waals surface area contributed by atoms with Crippen molar-refractivity contribution >= 4 is 11.8 Å². The smallest absolute Gasteiger partial charge is 0.260 e. The van der Waals surface area contributed by atoms with Gasteiger partial charge in [-0.3, -0.25) is 20.4 Å². The Balaban J connectivity index is 1.73. The molecule has 0 aromatic heterocycles. The SMILES string of the molecule is CC1(C)CC1C(=O)NNC(=O)C1CC1(F)F. The first-order valence-electron chi connectivity index (χ1n) is 5.21. The largest absolute Gasteiger partial charge is 0.273 e. The zero-order valence-corrected chi connectivity index (χ0v) is 9.14. The van der Waals surface area contributed by atoms with E-state index in [-0.39, 0.29) is 17.2 Å². The van der Waals surface area contributed by atoms with Crippen molar-refractivity contribution in [3.63, 3.8) is 0 Å². The number of carbonyl (C=O) groups excluding carboxylic acids is 2. The average Bonchev–Trinajstić information content (AvgIpc) is 2.98. The normalized spacial score (nSPS) is 32.8. The lowest BCUT2D eigenvalue weighted by molar-refractivity contribution is -0.131. The van der Waals surface area contributed by atoms with Crippen molar-refractivity contribution in [3.05, 3.63) is 0 Å². The van der Waals surface area contributed by atoms with Gasteiger partial charge in [0.1, 0.15) is 5.92 Å². The predicted octanol–water partition coefficient (Wildman–Crippen LogP) is 0.835. The molecule has 0 aromatic carbocycles. The third kappa shape index (κ3) is 2.01. The molecule has 0 aromatic rings. The Morgan fingerprint density at radius 1 is 1.06 bits per heavy atom. The quantitative estimate of drug-likeness (QED) is 0.693. The standard InChI is InChI=1S/C10H14F2N2O2/c1-9(2)3-5(9)7(15)13-14-8(16)6-4-10(6,11)12/h5-6H,3-4H2,1-2H3,(H,13,15)(H,14,16). The molecular formula is C10H14F2N2O2. The second kappa shape index (κ2) is 3.15. The number of hydrazine groups is 1. The third-order valence-electron chi connectivity index (χ3n) is 3.28. The van der Waals surface area contributed by atoms with Crippen LogP contribution in [0.5, 0.6) is 0 Å². The zero-order valence-electron chi connectivity index (χ0n) is 9.14. The summed E-state index contributed by atoms with van der Waals surface area (Å²) in [6.45, 7) is 3.88. The predicted molar refractivity (Wildman–Crippen MR) is 51.2 cm³/mol. The minimum atomic E-state index is -2.90. The lowest BCUT2D eigenvalue weighted by Gasteiger charge is -2.07. The van der Waals surface area contributed by atoms with Gasteiger partial charge in [0.15, 0.2) is 0 Å². The van der Waals surface area contributed by atoms with Crippen LogP contribution in [0, 0.1) is 17.3 Å². The van der Waals surface area contributed by atoms with Crippen molar-refractivity contribution in [1.29, 1.82) is 0 Å². The molecule has 2 rings (SSSR count). The molecule has 2 amide bonds. The summed E-state index contributed by atoms with van der Waals surface area (Å²) in [6, 6.07) is 0. The van der Waals surface area contributed by atoms with Gasteiger partial charge in [-0.05, 0) is 11.8 Å². The van der Waals surface area contributed by atoms with Gasteiger partial charge in [0, 0.05) is 12.3 Å². The van der Waals surface area contributed by atoms with Gasteiger partial charge in [0.2, 0.25) is 11.8 Å². The summed E-state index contributed by atoms with van der Waals surface area (Å²) in [7, 11) is 0. The summed E-state index contributed by atoms with van der Waals surface area (Å²) in [6.07, 6.45) is 0.331. The molecule has 0 radical (unpaired) electrons. The molecule has 2 N–H and O–H groups in total. The second-order valence-electron chi connectivity index (χ2n) is 5.24. The van der Waals surface area contributed by atoms with Crippen LogP contribution in [0.4, 0.5) is 8.78 Å². The zero-order chi connectivity index (χ0) is 12.1. The van der Waals surface area contributed by atoms with E-state index in [1.165, 1.54) is 0 Å². The Kier molecular flexibility index (Phi) is 2.22. The molecule has 2 aliphatic rings. The van der Waals surface area contributed by atoms with Gasteiger partial charge < -0.3 is 0 Å². The Hall–Kier alpha value is -1.20. The van der Waals surface area contributed by atoms with Crippen molar-refractivity contribution in [2.45, 2.75) is 32.6 Å². The van der Waals surface area contributed by atoms with Crippen LogP contribution in [0.1, 0.15) is 26.7 Å². The Labute approximate surface area is 91.7 Å². The molecule has 0 bridgehead atoms. The first-order valence-corrected chi connectivity index (χ1v) is 5.21. The lowest BCUT2D eigenvalue weighted by Crippen LogP contribution is -2.44. The molecule has 2 saturated carbocycles. The van der Waals surface area contributed by atoms with E-state index in [1.54, 1.807) is 0 Å². The van der Waals surface area contributed by atoms with Crippen molar-refractivity contribution in [3.8, 4) is 0 Å². The highest BCUT2D eigenvalue weighted by Gasteiger charge is 2.61. The molecule has 0 heterocycles. The second-order valence-corrected chi connectivity index (χ2v) is 5.24. The number of rotatable bonds is 2. The molecule has 6 heteroatoms. The van der Waals surface area contributed by atoms with E-state index >= 15 is 0 Å². The van der Waals surface area contributed by atoms with E-state index in [0.717, 1.165) is 6.42 Å². The van der Waals surface area contributed by atoms with Crippen LogP contribution in [-0.2, 0) is 9.59 Å². The number of halogens is 2. The van der Waals surface area contributed by atoms with E-state index in [4.69, 9.17) is 0 Å². The fourth-order valence-electron chi connectivity index (χ4n) is 1.71. The Bertz CT molecular complexity index is 321. The van der Waals surface area contributed by atoms with Gasteiger partial charge in [0.05, 0.1) is 0 Å². The third-order valence-corrected chi connectivity index (χ3v) is 3.28. The van der Waals surface area contributed by atoms with Crippen LogP contribution in [0.3, 0.4) is 0 Å². The molecular weight excluding hydrogens is 218 g/mol. The van der Waals surface area contributed by atoms with E-state index in [0.29, 0.717) is 0 Å². The van der Waals surface area contributed by atoms with Crippen LogP contribution >= 0.6 is 0 Å². The van der Waals surface area contributed by atoms with Crippen molar-refractivity contribution in [2.24, 2.45) is 17.3 Å². The molecule has 2 atom stereocenters. The van der Waals surface area contributed by atoms with Gasteiger partial charge in [-0.15, -0.1) is 0 Å². The van der Waals surface area contributed by atoms with Crippen LogP contribution in [0.2, 0.25) is 0 Å². The minimum absolute atomic E-state index is 0.0433. The summed E-state index contributed by atoms with van der Waals surface area (Å²) < 4.78 is 25.0. The monoisotopic (exact) mass is 232 g/mol. The summed E-state index contributed by atoms with van der Waals surface area (Å²) in [5.74, 6) is -5.42. The molecule has 0 aliphatic heterocycles. The fraction of sp³-hybridized carbons (Fsp3) is 0.800. The molecule has 2 unspecified atom stereocenters. The molecule has 0 spiro atoms. The summed E-state index contributed by atoms with van der Waals surface area (Å²) >= 11 is 0. The van der Waals surface area contributed by atoms with Crippen molar-refractivity contribution in [2.75, 3.05) is 0 Å². The van der Waals surface area contributed by atoms with Crippen LogP contribution in [0.15, 0.2) is 0 Å². The van der Waals surface area contributed by atoms with Gasteiger partial charge in [-0.2, -0.15) is 0 Å². The topological polar surface area (TPSA) is 58.2 Å². The van der Waals surface area contributed by atoms with Crippen molar-refractivity contribution in [1.82, 2.24) is 10.9 Å². The number of hydrogen-bond donors (Lipinski definition) is 2. The number of nitrogens with one attached hydrogen (secondary N) is 2. The number of alkyl halides is 2. The highest BCUT2D eigenvalue weighted by Crippen LogP contribution is 2.51. The lowest BCUT2D eigenvalue weighted by atomic mass is 10.1. The summed E-state index contributed by atoms with van der Waals surface area (Å²) in [5, 5.41) is 0. The van der Waals surface area contributed by atoms with Crippen molar-refractivity contribution < 1.29 is 18.4 Å². The van der Waals surface area contributed by atoms with Gasteiger partial charge in [-0.25, -0.2) is 8.78 Å². The Morgan fingerprint density at radius 3 is 1.75 bits per heavy atom. The molecule has 4 nitrogen and oxygen atoms in total. The molecule has 16 heavy (non-hydrogen) atoms. The fourth-order valence-corrected chi connectivity index (χ4v) is 1.71. The first-order chi connectivity index (χ1) is 7.24. The highest BCUT2D eigenvalue weighted by atomic mass is 19.3. The summed E-state index contributed by atoms with van der Waals surface area (Å²) in [4.78, 5) is 22.5. The number of amides is 2. The molecule has 2 aliphatic carbocycles. The van der Waals surface area contributed by atoms with Crippen LogP contribution in [0.25, 0.3) is 0 Å². The maximum atomic E-state index is 12.5. The first kappa shape index (κ1) is 11.3. The molecule has 0 saturated heterocycles. The maximum absolute atomic E-state index is 12.5. The van der Waals surface area contributed by atoms with Crippen LogP contribution in [-0.4, -0.2) is 17.7 Å². The van der Waals surface area contributed by atoms with E-state index in [2.05, 4.69) is 5.43 Å². The molecule has 2 fully saturated rings. The summed E-state index contributed by atoms with van der Waals surface area (Å²) in [5.41, 5.74) is 4.18. The Morgan fingerprint density at radius 2 is 1.44 bits per heavy atom. The van der Waals surface area contributed by atoms with E-state index in [1.807, 2.05) is 19.3 Å². The van der Waals surface area contributed by atoms with Gasteiger partial charge in [-0.1, -0.05) is 13.8 Å². The van der Waals surface area contributed by atoms with E-state index < -0.39 is 24.2 Å². The maximum Gasteiger partial charge on any atom is 0.260 e. The number of carbonyl (C=O) groups is 2. The van der Waals surface area contributed by atoms with E-state index in [9.17, 15) is 18.4 Å².